The van der Waals surface area contributed by atoms with Gasteiger partial charge in [0, 0.05) is 12.6 Å². The Labute approximate surface area is 103 Å². The molecule has 1 aliphatic carbocycles. The van der Waals surface area contributed by atoms with Crippen LogP contribution in [0.2, 0.25) is 0 Å². The molecule has 6 heteroatoms. The van der Waals surface area contributed by atoms with Crippen molar-refractivity contribution in [2.24, 2.45) is 5.73 Å². The lowest BCUT2D eigenvalue weighted by atomic mass is 9.94. The van der Waals surface area contributed by atoms with Crippen molar-refractivity contribution >= 4 is 10.0 Å². The Kier molecular flexibility index (Phi) is 6.11. The molecule has 100 valence electrons. The number of rotatable bonds is 7. The maximum atomic E-state index is 11.3. The molecule has 0 aromatic heterocycles. The van der Waals surface area contributed by atoms with E-state index < -0.39 is 10.0 Å². The van der Waals surface area contributed by atoms with E-state index in [0.29, 0.717) is 19.2 Å². The first-order valence-corrected chi connectivity index (χ1v) is 7.64. The van der Waals surface area contributed by atoms with Gasteiger partial charge in [-0.15, -0.1) is 6.58 Å². The van der Waals surface area contributed by atoms with Crippen molar-refractivity contribution in [3.05, 3.63) is 12.7 Å². The fourth-order valence-electron chi connectivity index (χ4n) is 1.89. The second kappa shape index (κ2) is 7.10. The molecule has 1 saturated carbocycles. The van der Waals surface area contributed by atoms with E-state index in [-0.39, 0.29) is 11.9 Å². The van der Waals surface area contributed by atoms with E-state index in [1.165, 1.54) is 6.08 Å². The van der Waals surface area contributed by atoms with Crippen molar-refractivity contribution in [1.82, 2.24) is 4.72 Å². The molecule has 0 bridgehead atoms. The first-order chi connectivity index (χ1) is 8.03. The lowest BCUT2D eigenvalue weighted by Gasteiger charge is -2.26. The van der Waals surface area contributed by atoms with Crippen LogP contribution in [-0.4, -0.2) is 39.5 Å². The van der Waals surface area contributed by atoms with Crippen molar-refractivity contribution in [3.8, 4) is 0 Å². The minimum atomic E-state index is -3.21. The van der Waals surface area contributed by atoms with Gasteiger partial charge in [0.1, 0.15) is 0 Å². The lowest BCUT2D eigenvalue weighted by Crippen LogP contribution is -2.33. The molecule has 1 fully saturated rings. The van der Waals surface area contributed by atoms with Crippen LogP contribution in [-0.2, 0) is 14.8 Å². The molecular formula is C11H22N2O3S. The van der Waals surface area contributed by atoms with Crippen molar-refractivity contribution < 1.29 is 13.2 Å². The maximum absolute atomic E-state index is 11.3. The smallest absolute Gasteiger partial charge is 0.215 e. The van der Waals surface area contributed by atoms with Crippen LogP contribution in [0.3, 0.4) is 0 Å². The Morgan fingerprint density at radius 1 is 1.35 bits per heavy atom. The van der Waals surface area contributed by atoms with Crippen molar-refractivity contribution in [1.29, 1.82) is 0 Å². The molecule has 3 N–H and O–H groups in total. The van der Waals surface area contributed by atoms with Gasteiger partial charge in [0.2, 0.25) is 10.0 Å². The quantitative estimate of drug-likeness (QED) is 0.513. The van der Waals surface area contributed by atoms with Crippen LogP contribution in [0.5, 0.6) is 0 Å². The van der Waals surface area contributed by atoms with Gasteiger partial charge in [0.05, 0.1) is 18.5 Å². The Morgan fingerprint density at radius 2 is 2.00 bits per heavy atom. The van der Waals surface area contributed by atoms with Gasteiger partial charge >= 0.3 is 0 Å². The Bertz CT molecular complexity index is 322. The van der Waals surface area contributed by atoms with E-state index in [9.17, 15) is 8.42 Å². The minimum Gasteiger partial charge on any atom is -0.377 e. The fourth-order valence-corrected chi connectivity index (χ4v) is 2.71. The highest BCUT2D eigenvalue weighted by Crippen LogP contribution is 2.19. The molecule has 5 nitrogen and oxygen atoms in total. The molecule has 0 heterocycles. The van der Waals surface area contributed by atoms with Crippen LogP contribution in [0.4, 0.5) is 0 Å². The number of hydrogen-bond acceptors (Lipinski definition) is 4. The van der Waals surface area contributed by atoms with Crippen LogP contribution in [0.25, 0.3) is 0 Å². The van der Waals surface area contributed by atoms with E-state index >= 15 is 0 Å². The SMILES string of the molecule is C=CCS(=O)(=O)NCCOC1CCC(N)CC1. The zero-order valence-electron chi connectivity index (χ0n) is 10.1. The van der Waals surface area contributed by atoms with Gasteiger partial charge in [-0.25, -0.2) is 13.1 Å². The first-order valence-electron chi connectivity index (χ1n) is 5.99. The van der Waals surface area contributed by atoms with Crippen molar-refractivity contribution in [2.75, 3.05) is 18.9 Å². The third-order valence-electron chi connectivity index (χ3n) is 2.83. The molecule has 1 aliphatic rings. The molecular weight excluding hydrogens is 240 g/mol. The summed E-state index contributed by atoms with van der Waals surface area (Å²) in [5.74, 6) is -0.0503. The predicted octanol–water partition coefficient (Wildman–Crippen LogP) is 0.378. The fraction of sp³-hybridized carbons (Fsp3) is 0.818. The van der Waals surface area contributed by atoms with Crippen LogP contribution in [0.15, 0.2) is 12.7 Å². The lowest BCUT2D eigenvalue weighted by molar-refractivity contribution is 0.0287. The number of nitrogens with two attached hydrogens (primary N) is 1. The highest BCUT2D eigenvalue weighted by atomic mass is 32.2. The molecule has 0 aliphatic heterocycles. The topological polar surface area (TPSA) is 81.4 Å². The zero-order chi connectivity index (χ0) is 12.7. The Balaban J connectivity index is 2.10. The summed E-state index contributed by atoms with van der Waals surface area (Å²) in [6.07, 6.45) is 5.53. The molecule has 0 aromatic carbocycles. The first kappa shape index (κ1) is 14.6. The molecule has 0 spiro atoms. The van der Waals surface area contributed by atoms with E-state index in [0.717, 1.165) is 25.7 Å². The van der Waals surface area contributed by atoms with Crippen molar-refractivity contribution in [3.63, 3.8) is 0 Å². The number of ether oxygens (including phenoxy) is 1. The Morgan fingerprint density at radius 3 is 2.59 bits per heavy atom. The second-order valence-corrected chi connectivity index (χ2v) is 6.22. The van der Waals surface area contributed by atoms with Gasteiger partial charge in [-0.1, -0.05) is 6.08 Å². The molecule has 0 atom stereocenters. The second-order valence-electron chi connectivity index (χ2n) is 4.37. The predicted molar refractivity (Wildman–Crippen MR) is 68.2 cm³/mol. The van der Waals surface area contributed by atoms with Gasteiger partial charge in [-0.05, 0) is 25.7 Å². The van der Waals surface area contributed by atoms with E-state index in [2.05, 4.69) is 11.3 Å². The molecule has 1 rings (SSSR count). The molecule has 0 radical (unpaired) electrons. The normalized spacial score (nSPS) is 25.7. The number of hydrogen-bond donors (Lipinski definition) is 2. The third kappa shape index (κ3) is 6.16. The van der Waals surface area contributed by atoms with E-state index in [1.54, 1.807) is 0 Å². The molecule has 17 heavy (non-hydrogen) atoms. The molecule has 0 aromatic rings. The summed E-state index contributed by atoms with van der Waals surface area (Å²) in [6, 6.07) is 0.306. The zero-order valence-corrected chi connectivity index (χ0v) is 10.9. The maximum Gasteiger partial charge on any atom is 0.215 e. The van der Waals surface area contributed by atoms with Gasteiger partial charge in [-0.2, -0.15) is 0 Å². The highest BCUT2D eigenvalue weighted by Gasteiger charge is 2.18. The van der Waals surface area contributed by atoms with Crippen LogP contribution in [0, 0.1) is 0 Å². The Hall–Kier alpha value is -0.430. The monoisotopic (exact) mass is 262 g/mol. The minimum absolute atomic E-state index is 0.0503. The van der Waals surface area contributed by atoms with E-state index in [4.69, 9.17) is 10.5 Å². The summed E-state index contributed by atoms with van der Waals surface area (Å²) >= 11 is 0. The van der Waals surface area contributed by atoms with Crippen LogP contribution >= 0.6 is 0 Å². The van der Waals surface area contributed by atoms with Gasteiger partial charge in [0.25, 0.3) is 0 Å². The van der Waals surface area contributed by atoms with Crippen LogP contribution in [0.1, 0.15) is 25.7 Å². The summed E-state index contributed by atoms with van der Waals surface area (Å²) in [5.41, 5.74) is 5.79. The van der Waals surface area contributed by atoms with Crippen LogP contribution < -0.4 is 10.5 Å². The number of sulfonamides is 1. The summed E-state index contributed by atoms with van der Waals surface area (Å²) in [4.78, 5) is 0. The van der Waals surface area contributed by atoms with Gasteiger partial charge in [-0.3, -0.25) is 0 Å². The third-order valence-corrected chi connectivity index (χ3v) is 4.15. The summed E-state index contributed by atoms with van der Waals surface area (Å²) < 4.78 is 30.6. The average Bonchev–Trinajstić information content (AvgIpc) is 2.27. The highest BCUT2D eigenvalue weighted by molar-refractivity contribution is 7.89. The van der Waals surface area contributed by atoms with Gasteiger partial charge < -0.3 is 10.5 Å². The standard InChI is InChI=1S/C11H22N2O3S/c1-2-9-17(14,15)13-7-8-16-11-5-3-10(12)4-6-11/h2,10-11,13H,1,3-9,12H2. The molecule has 0 unspecified atom stereocenters. The summed E-state index contributed by atoms with van der Waals surface area (Å²) in [7, 11) is -3.21. The number of nitrogens with one attached hydrogen (secondary N) is 1. The van der Waals surface area contributed by atoms with Crippen molar-refractivity contribution in [2.45, 2.75) is 37.8 Å². The van der Waals surface area contributed by atoms with E-state index in [1.807, 2.05) is 0 Å². The average molecular weight is 262 g/mol. The molecule has 0 amide bonds. The summed E-state index contributed by atoms with van der Waals surface area (Å²) in [5, 5.41) is 0. The molecule has 0 saturated heterocycles. The summed E-state index contributed by atoms with van der Waals surface area (Å²) in [6.45, 7) is 4.12. The van der Waals surface area contributed by atoms with Gasteiger partial charge in [0.15, 0.2) is 0 Å². The largest absolute Gasteiger partial charge is 0.377 e.